The van der Waals surface area contributed by atoms with Crippen molar-refractivity contribution in [1.82, 2.24) is 0 Å². The van der Waals surface area contributed by atoms with Crippen molar-refractivity contribution in [2.75, 3.05) is 10.6 Å². The zero-order valence-electron chi connectivity index (χ0n) is 19.4. The van der Waals surface area contributed by atoms with Crippen molar-refractivity contribution in [3.63, 3.8) is 0 Å². The van der Waals surface area contributed by atoms with Gasteiger partial charge in [0.05, 0.1) is 5.56 Å². The maximum atomic E-state index is 13.4. The summed E-state index contributed by atoms with van der Waals surface area (Å²) >= 11 is 4.98. The lowest BCUT2D eigenvalue weighted by Gasteiger charge is -2.33. The Balaban J connectivity index is 1.68. The van der Waals surface area contributed by atoms with Crippen LogP contribution in [0, 0.1) is 18.3 Å². The molecule has 0 fully saturated rings. The lowest BCUT2D eigenvalue weighted by atomic mass is 9.72. The van der Waals surface area contributed by atoms with Crippen molar-refractivity contribution in [2.24, 2.45) is 11.3 Å². The number of hydrogen-bond acceptors (Lipinski definition) is 3. The Labute approximate surface area is 207 Å². The predicted molar refractivity (Wildman–Crippen MR) is 141 cm³/mol. The van der Waals surface area contributed by atoms with Crippen molar-refractivity contribution in [1.29, 1.82) is 0 Å². The van der Waals surface area contributed by atoms with Crippen molar-refractivity contribution in [3.05, 3.63) is 80.1 Å². The van der Waals surface area contributed by atoms with Gasteiger partial charge in [-0.3, -0.25) is 9.59 Å². The van der Waals surface area contributed by atoms with Gasteiger partial charge in [-0.25, -0.2) is 0 Å². The van der Waals surface area contributed by atoms with Crippen LogP contribution in [0.25, 0.3) is 0 Å². The van der Waals surface area contributed by atoms with Crippen molar-refractivity contribution >= 4 is 49.8 Å². The molecule has 6 heteroatoms. The molecular weight excluding hydrogens is 496 g/mol. The van der Waals surface area contributed by atoms with Crippen LogP contribution in [0.4, 0.5) is 10.7 Å². The van der Waals surface area contributed by atoms with Crippen LogP contribution in [0.3, 0.4) is 0 Å². The van der Waals surface area contributed by atoms with Crippen LogP contribution < -0.4 is 10.6 Å². The maximum Gasteiger partial charge on any atom is 0.258 e. The Hall–Kier alpha value is -2.44. The summed E-state index contributed by atoms with van der Waals surface area (Å²) in [5.74, 6) is 0.178. The average Bonchev–Trinajstić information content (AvgIpc) is 3.11. The molecule has 2 N–H and O–H groups in total. The zero-order chi connectivity index (χ0) is 23.8. The van der Waals surface area contributed by atoms with Gasteiger partial charge in [-0.15, -0.1) is 11.3 Å². The van der Waals surface area contributed by atoms with Gasteiger partial charge in [0.25, 0.3) is 11.8 Å². The van der Waals surface area contributed by atoms with Gasteiger partial charge in [0.15, 0.2) is 0 Å². The number of rotatable bonds is 4. The predicted octanol–water partition coefficient (Wildman–Crippen LogP) is 7.47. The number of carbonyl (C=O) groups excluding carboxylic acids is 2. The van der Waals surface area contributed by atoms with Gasteiger partial charge in [-0.1, -0.05) is 54.4 Å². The van der Waals surface area contributed by atoms with Crippen LogP contribution in [0.1, 0.15) is 63.9 Å². The minimum atomic E-state index is -0.192. The third-order valence-electron chi connectivity index (χ3n) is 6.33. The highest BCUT2D eigenvalue weighted by atomic mass is 79.9. The van der Waals surface area contributed by atoms with Gasteiger partial charge >= 0.3 is 0 Å². The summed E-state index contributed by atoms with van der Waals surface area (Å²) in [5.41, 5.74) is 4.22. The van der Waals surface area contributed by atoms with Crippen LogP contribution in [0.15, 0.2) is 53.0 Å². The van der Waals surface area contributed by atoms with E-state index in [0.717, 1.165) is 40.5 Å². The van der Waals surface area contributed by atoms with E-state index in [4.69, 9.17) is 0 Å². The molecule has 0 saturated heterocycles. The first-order valence-corrected chi connectivity index (χ1v) is 12.8. The summed E-state index contributed by atoms with van der Waals surface area (Å²) in [4.78, 5) is 27.7. The number of carbonyl (C=O) groups is 2. The minimum Gasteiger partial charge on any atom is -0.322 e. The standard InChI is InChI=1S/C27H29BrN2O2S/c1-16-6-5-7-17(14-16)24(31)30-26-23(25(32)29-20-11-9-19(28)10-12-20)21-13-8-18(27(2,3)4)15-22(21)33-26/h5-7,9-12,14,18H,8,13,15H2,1-4H3,(H,29,32)(H,30,31). The van der Waals surface area contributed by atoms with Gasteiger partial charge < -0.3 is 10.6 Å². The van der Waals surface area contributed by atoms with Gasteiger partial charge in [-0.2, -0.15) is 0 Å². The second kappa shape index (κ2) is 9.43. The summed E-state index contributed by atoms with van der Waals surface area (Å²) in [7, 11) is 0. The number of anilines is 2. The molecule has 1 aliphatic carbocycles. The quantitative estimate of drug-likeness (QED) is 0.371. The van der Waals surface area contributed by atoms with E-state index in [2.05, 4.69) is 47.3 Å². The second-order valence-electron chi connectivity index (χ2n) is 9.80. The number of halogens is 1. The highest BCUT2D eigenvalue weighted by Gasteiger charge is 2.34. The largest absolute Gasteiger partial charge is 0.322 e. The third-order valence-corrected chi connectivity index (χ3v) is 8.02. The first kappa shape index (κ1) is 23.7. The molecule has 0 spiro atoms. The van der Waals surface area contributed by atoms with E-state index in [1.54, 1.807) is 17.4 Å². The fraction of sp³-hybridized carbons (Fsp3) is 0.333. The van der Waals surface area contributed by atoms with Crippen LogP contribution in [0.2, 0.25) is 0 Å². The fourth-order valence-corrected chi connectivity index (χ4v) is 5.93. The van der Waals surface area contributed by atoms with Gasteiger partial charge in [-0.05, 0) is 79.5 Å². The van der Waals surface area contributed by atoms with E-state index < -0.39 is 0 Å². The van der Waals surface area contributed by atoms with Crippen LogP contribution in [-0.2, 0) is 12.8 Å². The second-order valence-corrected chi connectivity index (χ2v) is 11.8. The Kier molecular flexibility index (Phi) is 6.78. The number of hydrogen-bond donors (Lipinski definition) is 2. The molecule has 0 radical (unpaired) electrons. The monoisotopic (exact) mass is 524 g/mol. The molecule has 2 aromatic carbocycles. The molecule has 1 unspecified atom stereocenters. The molecule has 2 amide bonds. The molecule has 172 valence electrons. The van der Waals surface area contributed by atoms with Crippen LogP contribution >= 0.6 is 27.3 Å². The highest BCUT2D eigenvalue weighted by Crippen LogP contribution is 2.44. The summed E-state index contributed by atoms with van der Waals surface area (Å²) in [6.45, 7) is 8.79. The molecule has 1 heterocycles. The molecule has 4 rings (SSSR count). The smallest absolute Gasteiger partial charge is 0.258 e. The molecule has 0 aliphatic heterocycles. The van der Waals surface area contributed by atoms with E-state index in [0.29, 0.717) is 22.0 Å². The number of thiophene rings is 1. The molecule has 1 aliphatic rings. The molecule has 1 aromatic heterocycles. The summed E-state index contributed by atoms with van der Waals surface area (Å²) < 4.78 is 0.952. The number of nitrogens with one attached hydrogen (secondary N) is 2. The van der Waals surface area contributed by atoms with E-state index in [1.807, 2.05) is 49.4 Å². The van der Waals surface area contributed by atoms with Crippen LogP contribution in [0.5, 0.6) is 0 Å². The Morgan fingerprint density at radius 1 is 1.03 bits per heavy atom. The maximum absolute atomic E-state index is 13.4. The summed E-state index contributed by atoms with van der Waals surface area (Å²) in [6, 6.07) is 15.0. The van der Waals surface area contributed by atoms with E-state index >= 15 is 0 Å². The molecule has 0 bridgehead atoms. The van der Waals surface area contributed by atoms with Crippen molar-refractivity contribution in [3.8, 4) is 0 Å². The van der Waals surface area contributed by atoms with Gasteiger partial charge in [0, 0.05) is 20.6 Å². The normalized spacial score (nSPS) is 15.6. The molecule has 4 nitrogen and oxygen atoms in total. The Morgan fingerprint density at radius 3 is 2.42 bits per heavy atom. The molecule has 33 heavy (non-hydrogen) atoms. The Morgan fingerprint density at radius 2 is 1.76 bits per heavy atom. The molecule has 0 saturated carbocycles. The van der Waals surface area contributed by atoms with Crippen molar-refractivity contribution in [2.45, 2.75) is 47.0 Å². The lowest BCUT2D eigenvalue weighted by Crippen LogP contribution is -2.27. The van der Waals surface area contributed by atoms with Crippen LogP contribution in [-0.4, -0.2) is 11.8 Å². The number of benzene rings is 2. The first-order chi connectivity index (χ1) is 15.6. The highest BCUT2D eigenvalue weighted by molar-refractivity contribution is 9.10. The molecule has 1 atom stereocenters. The zero-order valence-corrected chi connectivity index (χ0v) is 21.8. The average molecular weight is 526 g/mol. The number of fused-ring (bicyclic) bond motifs is 1. The summed E-state index contributed by atoms with van der Waals surface area (Å²) in [5, 5.41) is 6.71. The van der Waals surface area contributed by atoms with E-state index in [9.17, 15) is 9.59 Å². The Bertz CT molecular complexity index is 1190. The number of amides is 2. The first-order valence-electron chi connectivity index (χ1n) is 11.2. The summed E-state index contributed by atoms with van der Waals surface area (Å²) in [6.07, 6.45) is 2.82. The van der Waals surface area contributed by atoms with Crippen molar-refractivity contribution < 1.29 is 9.59 Å². The van der Waals surface area contributed by atoms with E-state index in [-0.39, 0.29) is 17.2 Å². The van der Waals surface area contributed by atoms with Gasteiger partial charge in [0.1, 0.15) is 5.00 Å². The minimum absolute atomic E-state index is 0.177. The lowest BCUT2D eigenvalue weighted by molar-refractivity contribution is 0.102. The molecule has 3 aromatic rings. The third kappa shape index (κ3) is 5.39. The number of aryl methyl sites for hydroxylation is 1. The van der Waals surface area contributed by atoms with Gasteiger partial charge in [0.2, 0.25) is 0 Å². The topological polar surface area (TPSA) is 58.2 Å². The SMILES string of the molecule is Cc1cccc(C(=O)Nc2sc3c(c2C(=O)Nc2ccc(Br)cc2)CCC(C(C)(C)C)C3)c1. The fourth-order valence-electron chi connectivity index (χ4n) is 4.34. The van der Waals surface area contributed by atoms with E-state index in [1.165, 1.54) is 4.88 Å². The molecular formula is C27H29BrN2O2S.